The Morgan fingerprint density at radius 2 is 2.26 bits per heavy atom. The molecule has 3 heterocycles. The highest BCUT2D eigenvalue weighted by Crippen LogP contribution is 2.31. The van der Waals surface area contributed by atoms with Gasteiger partial charge in [-0.15, -0.1) is 0 Å². The van der Waals surface area contributed by atoms with E-state index in [4.69, 9.17) is 9.47 Å². The summed E-state index contributed by atoms with van der Waals surface area (Å²) in [5, 5.41) is 0. The Morgan fingerprint density at radius 1 is 1.42 bits per heavy atom. The molecule has 1 aromatic rings. The summed E-state index contributed by atoms with van der Waals surface area (Å²) in [4.78, 5) is 10.6. The molecule has 2 atom stereocenters. The van der Waals surface area contributed by atoms with Crippen LogP contribution in [0.3, 0.4) is 0 Å². The van der Waals surface area contributed by atoms with Gasteiger partial charge in [-0.25, -0.2) is 9.97 Å². The Kier molecular flexibility index (Phi) is 3.77. The zero-order valence-corrected chi connectivity index (χ0v) is 11.4. The van der Waals surface area contributed by atoms with E-state index < -0.39 is 0 Å². The van der Waals surface area contributed by atoms with E-state index in [0.29, 0.717) is 6.10 Å². The average molecular weight is 263 g/mol. The number of nitrogens with zero attached hydrogens (tertiary/aromatic N) is 3. The van der Waals surface area contributed by atoms with Crippen LogP contribution in [0.2, 0.25) is 0 Å². The molecule has 104 valence electrons. The molecule has 2 fully saturated rings. The summed E-state index contributed by atoms with van der Waals surface area (Å²) in [6.45, 7) is 6.54. The summed E-state index contributed by atoms with van der Waals surface area (Å²) >= 11 is 0. The molecule has 19 heavy (non-hydrogen) atoms. The second kappa shape index (κ2) is 5.53. The van der Waals surface area contributed by atoms with Crippen LogP contribution < -0.4 is 0 Å². The van der Waals surface area contributed by atoms with Crippen molar-refractivity contribution in [3.63, 3.8) is 0 Å². The largest absolute Gasteiger partial charge is 0.378 e. The van der Waals surface area contributed by atoms with E-state index in [-0.39, 0.29) is 5.60 Å². The number of ether oxygens (including phenoxy) is 2. The lowest BCUT2D eigenvalue weighted by Crippen LogP contribution is -2.55. The van der Waals surface area contributed by atoms with Gasteiger partial charge in [-0.3, -0.25) is 4.90 Å². The van der Waals surface area contributed by atoms with Crippen LogP contribution in [0, 0.1) is 0 Å². The molecule has 2 unspecified atom stereocenters. The molecular weight excluding hydrogens is 242 g/mol. The van der Waals surface area contributed by atoms with Crippen molar-refractivity contribution in [2.24, 2.45) is 0 Å². The smallest absolute Gasteiger partial charge is 0.115 e. The van der Waals surface area contributed by atoms with E-state index in [2.05, 4.69) is 21.8 Å². The molecule has 1 spiro atoms. The van der Waals surface area contributed by atoms with Crippen molar-refractivity contribution < 1.29 is 9.47 Å². The quantitative estimate of drug-likeness (QED) is 0.821. The topological polar surface area (TPSA) is 47.5 Å². The van der Waals surface area contributed by atoms with Gasteiger partial charge in [-0.05, 0) is 6.42 Å². The van der Waals surface area contributed by atoms with E-state index in [0.717, 1.165) is 51.3 Å². The minimum atomic E-state index is -0.0887. The lowest BCUT2D eigenvalue weighted by Gasteiger charge is -2.43. The number of hydrogen-bond donors (Lipinski definition) is 0. The van der Waals surface area contributed by atoms with Crippen molar-refractivity contribution in [1.82, 2.24) is 14.9 Å². The maximum atomic E-state index is 6.25. The zero-order chi connectivity index (χ0) is 13.1. The lowest BCUT2D eigenvalue weighted by molar-refractivity contribution is -0.156. The molecule has 3 rings (SSSR count). The summed E-state index contributed by atoms with van der Waals surface area (Å²) in [6.07, 6.45) is 7.71. The third kappa shape index (κ3) is 2.94. The van der Waals surface area contributed by atoms with Crippen LogP contribution in [0.4, 0.5) is 0 Å². The second-order valence-corrected chi connectivity index (χ2v) is 5.55. The highest BCUT2D eigenvalue weighted by molar-refractivity contribution is 5.04. The van der Waals surface area contributed by atoms with Gasteiger partial charge in [0.15, 0.2) is 0 Å². The highest BCUT2D eigenvalue weighted by atomic mass is 16.6. The Morgan fingerprint density at radius 3 is 2.95 bits per heavy atom. The summed E-state index contributed by atoms with van der Waals surface area (Å²) in [7, 11) is 0. The van der Waals surface area contributed by atoms with Gasteiger partial charge in [0.05, 0.1) is 12.7 Å². The molecule has 1 aromatic heterocycles. The number of hydrogen-bond acceptors (Lipinski definition) is 5. The molecule has 0 amide bonds. The molecule has 0 N–H and O–H groups in total. The fourth-order valence-electron chi connectivity index (χ4n) is 3.00. The summed E-state index contributed by atoms with van der Waals surface area (Å²) in [5.74, 6) is 0. The highest BCUT2D eigenvalue weighted by Gasteiger charge is 2.43. The van der Waals surface area contributed by atoms with Crippen LogP contribution in [0.15, 0.2) is 18.7 Å². The first-order valence-corrected chi connectivity index (χ1v) is 7.01. The first-order valence-electron chi connectivity index (χ1n) is 7.01. The molecule has 0 bridgehead atoms. The van der Waals surface area contributed by atoms with Crippen LogP contribution in [-0.2, 0) is 16.0 Å². The minimum Gasteiger partial charge on any atom is -0.378 e. The number of morpholine rings is 1. The van der Waals surface area contributed by atoms with Gasteiger partial charge in [0, 0.05) is 50.6 Å². The Labute approximate surface area is 113 Å². The third-order valence-electron chi connectivity index (χ3n) is 3.93. The van der Waals surface area contributed by atoms with Crippen molar-refractivity contribution >= 4 is 0 Å². The van der Waals surface area contributed by atoms with Crippen molar-refractivity contribution in [2.75, 3.05) is 26.3 Å². The van der Waals surface area contributed by atoms with Crippen LogP contribution in [0.1, 0.15) is 25.3 Å². The first-order chi connectivity index (χ1) is 9.30. The molecular formula is C14H21N3O2. The monoisotopic (exact) mass is 263 g/mol. The van der Waals surface area contributed by atoms with Crippen molar-refractivity contribution in [3.8, 4) is 0 Å². The Hall–Kier alpha value is -1.04. The normalized spacial score (nSPS) is 31.9. The average Bonchev–Trinajstić information content (AvgIpc) is 2.87. The number of aromatic nitrogens is 2. The summed E-state index contributed by atoms with van der Waals surface area (Å²) in [5.41, 5.74) is 1.07. The fourth-order valence-corrected chi connectivity index (χ4v) is 3.00. The molecule has 5 heteroatoms. The zero-order valence-electron chi connectivity index (χ0n) is 11.4. The molecule has 0 saturated carbocycles. The van der Waals surface area contributed by atoms with Crippen molar-refractivity contribution in [3.05, 3.63) is 24.3 Å². The predicted octanol–water partition coefficient (Wildman–Crippen LogP) is 1.25. The van der Waals surface area contributed by atoms with Crippen LogP contribution in [-0.4, -0.2) is 52.9 Å². The third-order valence-corrected chi connectivity index (χ3v) is 3.93. The van der Waals surface area contributed by atoms with Gasteiger partial charge in [0.25, 0.3) is 0 Å². The van der Waals surface area contributed by atoms with E-state index in [9.17, 15) is 0 Å². The minimum absolute atomic E-state index is 0.0887. The van der Waals surface area contributed by atoms with Gasteiger partial charge in [0.1, 0.15) is 11.9 Å². The molecule has 0 aromatic carbocycles. The molecule has 5 nitrogen and oxygen atoms in total. The molecule has 2 saturated heterocycles. The SMILES string of the molecule is CCC1CN(Cc2cncnc2)CC2(CCOC2)O1. The maximum Gasteiger partial charge on any atom is 0.115 e. The van der Waals surface area contributed by atoms with Gasteiger partial charge in [-0.1, -0.05) is 6.92 Å². The van der Waals surface area contributed by atoms with Crippen LogP contribution in [0.25, 0.3) is 0 Å². The van der Waals surface area contributed by atoms with Gasteiger partial charge in [0.2, 0.25) is 0 Å². The first kappa shape index (κ1) is 13.0. The lowest BCUT2D eigenvalue weighted by atomic mass is 9.98. The van der Waals surface area contributed by atoms with Gasteiger partial charge < -0.3 is 9.47 Å². The maximum absolute atomic E-state index is 6.25. The predicted molar refractivity (Wildman–Crippen MR) is 70.6 cm³/mol. The fraction of sp³-hybridized carbons (Fsp3) is 0.714. The Bertz CT molecular complexity index is 406. The van der Waals surface area contributed by atoms with E-state index in [1.54, 1.807) is 6.33 Å². The van der Waals surface area contributed by atoms with Crippen LogP contribution >= 0.6 is 0 Å². The molecule has 0 radical (unpaired) electrons. The number of rotatable bonds is 3. The Balaban J connectivity index is 1.70. The molecule has 0 aliphatic carbocycles. The van der Waals surface area contributed by atoms with E-state index in [1.165, 1.54) is 0 Å². The van der Waals surface area contributed by atoms with Crippen molar-refractivity contribution in [1.29, 1.82) is 0 Å². The van der Waals surface area contributed by atoms with Gasteiger partial charge >= 0.3 is 0 Å². The standard InChI is InChI=1S/C14H21N3O2/c1-2-13-8-17(7-12-5-15-11-16-6-12)9-14(19-13)3-4-18-10-14/h5-6,11,13H,2-4,7-10H2,1H3. The second-order valence-electron chi connectivity index (χ2n) is 5.55. The van der Waals surface area contributed by atoms with E-state index >= 15 is 0 Å². The summed E-state index contributed by atoms with van der Waals surface area (Å²) in [6, 6.07) is 0. The van der Waals surface area contributed by atoms with Gasteiger partial charge in [-0.2, -0.15) is 0 Å². The summed E-state index contributed by atoms with van der Waals surface area (Å²) < 4.78 is 11.8. The van der Waals surface area contributed by atoms with Crippen LogP contribution in [0.5, 0.6) is 0 Å². The van der Waals surface area contributed by atoms with Crippen molar-refractivity contribution in [2.45, 2.75) is 38.0 Å². The van der Waals surface area contributed by atoms with E-state index in [1.807, 2.05) is 12.4 Å². The molecule has 2 aliphatic heterocycles. The molecule has 2 aliphatic rings.